The van der Waals surface area contributed by atoms with Gasteiger partial charge in [0, 0.05) is 12.6 Å². The van der Waals surface area contributed by atoms with Crippen molar-refractivity contribution in [1.29, 1.82) is 0 Å². The average molecular weight is 317 g/mol. The normalized spacial score (nSPS) is 12.3. The zero-order valence-corrected chi connectivity index (χ0v) is 13.6. The monoisotopic (exact) mass is 317 g/mol. The predicted molar refractivity (Wildman–Crippen MR) is 83.0 cm³/mol. The molecule has 0 fully saturated rings. The van der Waals surface area contributed by atoms with Gasteiger partial charge in [-0.15, -0.1) is 0 Å². The highest BCUT2D eigenvalue weighted by atomic mass is 32.2. The number of halogens is 1. The molecule has 0 unspecified atom stereocenters. The fourth-order valence-corrected chi connectivity index (χ4v) is 2.83. The summed E-state index contributed by atoms with van der Waals surface area (Å²) in [7, 11) is -1.59. The lowest BCUT2D eigenvalue weighted by Gasteiger charge is -2.20. The Bertz CT molecular complexity index is 561. The second-order valence-electron chi connectivity index (χ2n) is 5.36. The first-order valence-corrected chi connectivity index (χ1v) is 8.47. The number of unbranched alkanes of at least 4 members (excludes halogenated alkanes) is 1. The van der Waals surface area contributed by atoms with Crippen LogP contribution in [0, 0.1) is 5.82 Å². The molecule has 0 aliphatic rings. The van der Waals surface area contributed by atoms with Gasteiger partial charge >= 0.3 is 0 Å². The molecule has 0 heterocycles. The number of nitrogens with one attached hydrogen (secondary N) is 1. The molecule has 5 nitrogen and oxygen atoms in total. The van der Waals surface area contributed by atoms with E-state index in [1.165, 1.54) is 6.07 Å². The Morgan fingerprint density at radius 2 is 2.00 bits per heavy atom. The summed E-state index contributed by atoms with van der Waals surface area (Å²) in [6.07, 6.45) is 1.65. The number of anilines is 1. The van der Waals surface area contributed by atoms with E-state index < -0.39 is 15.8 Å². The smallest absolute Gasteiger partial charge is 0.240 e. The Hall–Kier alpha value is -1.18. The van der Waals surface area contributed by atoms with E-state index in [4.69, 9.17) is 5.73 Å². The van der Waals surface area contributed by atoms with Crippen LogP contribution in [-0.2, 0) is 10.0 Å². The molecule has 0 aromatic heterocycles. The second-order valence-corrected chi connectivity index (χ2v) is 7.13. The Morgan fingerprint density at radius 3 is 2.57 bits per heavy atom. The second kappa shape index (κ2) is 7.72. The summed E-state index contributed by atoms with van der Waals surface area (Å²) in [5, 5.41) is 0. The lowest BCUT2D eigenvalue weighted by molar-refractivity contribution is 0.268. The predicted octanol–water partition coefficient (Wildman–Crippen LogP) is 1.81. The van der Waals surface area contributed by atoms with Gasteiger partial charge in [0.25, 0.3) is 0 Å². The van der Waals surface area contributed by atoms with Gasteiger partial charge in [0.05, 0.1) is 10.6 Å². The molecule has 1 aromatic carbocycles. The maximum absolute atomic E-state index is 13.0. The standard InChI is InChI=1S/C14H24FN3O2S/c1-11(2)18(3)9-5-4-8-17-21(19,20)12-6-7-13(15)14(16)10-12/h6-7,10-11,17H,4-5,8-9,16H2,1-3H3. The molecule has 1 rings (SSSR count). The number of hydrogen-bond acceptors (Lipinski definition) is 4. The lowest BCUT2D eigenvalue weighted by Crippen LogP contribution is -2.29. The van der Waals surface area contributed by atoms with Crippen LogP contribution in [0.25, 0.3) is 0 Å². The summed E-state index contributed by atoms with van der Waals surface area (Å²) < 4.78 is 39.5. The van der Waals surface area contributed by atoms with E-state index in [2.05, 4.69) is 23.5 Å². The molecular weight excluding hydrogens is 293 g/mol. The van der Waals surface area contributed by atoms with Gasteiger partial charge < -0.3 is 10.6 Å². The molecule has 0 spiro atoms. The van der Waals surface area contributed by atoms with Gasteiger partial charge in [0.2, 0.25) is 10.0 Å². The van der Waals surface area contributed by atoms with E-state index in [9.17, 15) is 12.8 Å². The van der Waals surface area contributed by atoms with Crippen LogP contribution >= 0.6 is 0 Å². The van der Waals surface area contributed by atoms with E-state index in [1.54, 1.807) is 0 Å². The average Bonchev–Trinajstić information content (AvgIpc) is 2.40. The third-order valence-electron chi connectivity index (χ3n) is 3.39. The molecule has 0 saturated heterocycles. The quantitative estimate of drug-likeness (QED) is 0.566. The van der Waals surface area contributed by atoms with Crippen LogP contribution in [0.3, 0.4) is 0 Å². The summed E-state index contributed by atoms with van der Waals surface area (Å²) in [6.45, 7) is 5.50. The molecule has 7 heteroatoms. The van der Waals surface area contributed by atoms with Crippen LogP contribution in [0.2, 0.25) is 0 Å². The van der Waals surface area contributed by atoms with Crippen molar-refractivity contribution in [2.75, 3.05) is 25.9 Å². The number of nitrogen functional groups attached to an aromatic ring is 1. The summed E-state index contributed by atoms with van der Waals surface area (Å²) in [4.78, 5) is 2.19. The van der Waals surface area contributed by atoms with E-state index in [-0.39, 0.29) is 10.6 Å². The highest BCUT2D eigenvalue weighted by Gasteiger charge is 2.14. The van der Waals surface area contributed by atoms with Gasteiger partial charge in [-0.1, -0.05) is 0 Å². The lowest BCUT2D eigenvalue weighted by atomic mass is 10.2. The number of sulfonamides is 1. The number of nitrogens with two attached hydrogens (primary N) is 1. The number of benzene rings is 1. The van der Waals surface area contributed by atoms with Crippen LogP contribution in [0.4, 0.5) is 10.1 Å². The first-order valence-electron chi connectivity index (χ1n) is 6.99. The third-order valence-corrected chi connectivity index (χ3v) is 4.85. The summed E-state index contributed by atoms with van der Waals surface area (Å²) in [5.74, 6) is -0.620. The molecule has 0 bridgehead atoms. The number of hydrogen-bond donors (Lipinski definition) is 2. The van der Waals surface area contributed by atoms with Crippen molar-refractivity contribution in [3.05, 3.63) is 24.0 Å². The van der Waals surface area contributed by atoms with Crippen molar-refractivity contribution in [3.63, 3.8) is 0 Å². The number of nitrogens with zero attached hydrogens (tertiary/aromatic N) is 1. The molecule has 0 radical (unpaired) electrons. The Labute approximate surface area is 126 Å². The molecular formula is C14H24FN3O2S. The van der Waals surface area contributed by atoms with Gasteiger partial charge in [0.15, 0.2) is 0 Å². The highest BCUT2D eigenvalue weighted by Crippen LogP contribution is 2.16. The van der Waals surface area contributed by atoms with Crippen molar-refractivity contribution < 1.29 is 12.8 Å². The Balaban J connectivity index is 2.45. The first-order chi connectivity index (χ1) is 9.74. The highest BCUT2D eigenvalue weighted by molar-refractivity contribution is 7.89. The maximum Gasteiger partial charge on any atom is 0.240 e. The van der Waals surface area contributed by atoms with Gasteiger partial charge in [-0.25, -0.2) is 17.5 Å². The van der Waals surface area contributed by atoms with E-state index >= 15 is 0 Å². The molecule has 3 N–H and O–H groups in total. The third kappa shape index (κ3) is 5.61. The van der Waals surface area contributed by atoms with Crippen molar-refractivity contribution in [2.45, 2.75) is 37.6 Å². The summed E-state index contributed by atoms with van der Waals surface area (Å²) in [5.41, 5.74) is 5.21. The van der Waals surface area contributed by atoms with E-state index in [0.717, 1.165) is 31.5 Å². The molecule has 21 heavy (non-hydrogen) atoms. The van der Waals surface area contributed by atoms with Gasteiger partial charge in [-0.2, -0.15) is 0 Å². The topological polar surface area (TPSA) is 75.4 Å². The van der Waals surface area contributed by atoms with E-state index in [0.29, 0.717) is 12.6 Å². The maximum atomic E-state index is 13.0. The molecule has 1 aromatic rings. The molecule has 120 valence electrons. The molecule has 0 saturated carbocycles. The molecule has 0 aliphatic heterocycles. The van der Waals surface area contributed by atoms with Crippen molar-refractivity contribution >= 4 is 15.7 Å². The largest absolute Gasteiger partial charge is 0.396 e. The Morgan fingerprint density at radius 1 is 1.33 bits per heavy atom. The zero-order chi connectivity index (χ0) is 16.0. The van der Waals surface area contributed by atoms with Crippen LogP contribution in [-0.4, -0.2) is 39.5 Å². The van der Waals surface area contributed by atoms with Crippen molar-refractivity contribution in [2.24, 2.45) is 0 Å². The SMILES string of the molecule is CC(C)N(C)CCCCNS(=O)(=O)c1ccc(F)c(N)c1. The van der Waals surface area contributed by atoms with Gasteiger partial charge in [-0.3, -0.25) is 0 Å². The minimum absolute atomic E-state index is 0.0132. The minimum atomic E-state index is -3.63. The minimum Gasteiger partial charge on any atom is -0.396 e. The number of rotatable bonds is 8. The molecule has 0 atom stereocenters. The van der Waals surface area contributed by atoms with Gasteiger partial charge in [0.1, 0.15) is 5.82 Å². The van der Waals surface area contributed by atoms with Crippen molar-refractivity contribution in [1.82, 2.24) is 9.62 Å². The summed E-state index contributed by atoms with van der Waals surface area (Å²) in [6, 6.07) is 3.87. The van der Waals surface area contributed by atoms with E-state index in [1.807, 2.05) is 7.05 Å². The van der Waals surface area contributed by atoms with Crippen LogP contribution in [0.1, 0.15) is 26.7 Å². The van der Waals surface area contributed by atoms with Crippen LogP contribution < -0.4 is 10.5 Å². The molecule has 0 amide bonds. The molecule has 0 aliphatic carbocycles. The zero-order valence-electron chi connectivity index (χ0n) is 12.8. The fraction of sp³-hybridized carbons (Fsp3) is 0.571. The van der Waals surface area contributed by atoms with Crippen LogP contribution in [0.15, 0.2) is 23.1 Å². The first kappa shape index (κ1) is 17.9. The fourth-order valence-electron chi connectivity index (χ4n) is 1.72. The summed E-state index contributed by atoms with van der Waals surface area (Å²) >= 11 is 0. The van der Waals surface area contributed by atoms with Crippen molar-refractivity contribution in [3.8, 4) is 0 Å². The Kier molecular flexibility index (Phi) is 6.57. The van der Waals surface area contributed by atoms with Gasteiger partial charge in [-0.05, 0) is 58.5 Å². The van der Waals surface area contributed by atoms with Crippen LogP contribution in [0.5, 0.6) is 0 Å².